The Hall–Kier alpha value is -1.73. The van der Waals surface area contributed by atoms with E-state index < -0.39 is 0 Å². The zero-order valence-electron chi connectivity index (χ0n) is 9.00. The van der Waals surface area contributed by atoms with Crippen LogP contribution in [0.2, 0.25) is 0 Å². The maximum Gasteiger partial charge on any atom is 0.229 e. The van der Waals surface area contributed by atoms with E-state index in [9.17, 15) is 0 Å². The van der Waals surface area contributed by atoms with E-state index in [0.717, 1.165) is 18.5 Å². The van der Waals surface area contributed by atoms with Crippen LogP contribution in [0.3, 0.4) is 0 Å². The quantitative estimate of drug-likeness (QED) is 0.561. The molecule has 4 nitrogen and oxygen atoms in total. The molecule has 4 heteroatoms. The molecule has 0 aliphatic carbocycles. The number of nitrogens with zero attached hydrogens (tertiary/aromatic N) is 1. The summed E-state index contributed by atoms with van der Waals surface area (Å²) in [7, 11) is 3.46. The van der Waals surface area contributed by atoms with Crippen molar-refractivity contribution in [3.63, 3.8) is 0 Å². The first-order valence-corrected chi connectivity index (χ1v) is 4.71. The molecule has 0 spiro atoms. The van der Waals surface area contributed by atoms with Gasteiger partial charge in [0.25, 0.3) is 0 Å². The number of methoxy groups -OCH3 is 1. The van der Waals surface area contributed by atoms with Crippen molar-refractivity contribution >= 4 is 5.69 Å². The Morgan fingerprint density at radius 3 is 3.07 bits per heavy atom. The van der Waals surface area contributed by atoms with Crippen molar-refractivity contribution in [2.75, 3.05) is 26.4 Å². The van der Waals surface area contributed by atoms with Crippen LogP contribution in [0.5, 0.6) is 5.88 Å². The Balaban J connectivity index is 2.80. The number of anilines is 1. The molecule has 15 heavy (non-hydrogen) atoms. The molecule has 1 aromatic rings. The number of nitrogens with two attached hydrogens (primary N) is 1. The SMILES string of the molecule is CNCCC#Cc1cc(N)cnc1OC. The minimum atomic E-state index is 0.515. The zero-order valence-corrected chi connectivity index (χ0v) is 9.00. The van der Waals surface area contributed by atoms with Crippen molar-refractivity contribution in [1.82, 2.24) is 10.3 Å². The molecule has 0 aromatic carbocycles. The number of pyridine rings is 1. The van der Waals surface area contributed by atoms with Crippen molar-refractivity contribution in [3.8, 4) is 17.7 Å². The first-order chi connectivity index (χ1) is 7.27. The van der Waals surface area contributed by atoms with Crippen LogP contribution in [0.1, 0.15) is 12.0 Å². The third kappa shape index (κ3) is 3.49. The van der Waals surface area contributed by atoms with E-state index in [1.165, 1.54) is 0 Å². The number of nitrogens with one attached hydrogen (secondary N) is 1. The molecule has 1 aromatic heterocycles. The molecular formula is C11H15N3O. The van der Waals surface area contributed by atoms with Crippen LogP contribution in [0.25, 0.3) is 0 Å². The Kier molecular flexibility index (Phi) is 4.45. The molecule has 0 unspecified atom stereocenters. The highest BCUT2D eigenvalue weighted by Crippen LogP contribution is 2.15. The van der Waals surface area contributed by atoms with Crippen LogP contribution in [-0.2, 0) is 0 Å². The number of aromatic nitrogens is 1. The summed E-state index contributed by atoms with van der Waals surface area (Å²) in [5.41, 5.74) is 6.94. The Morgan fingerprint density at radius 2 is 2.40 bits per heavy atom. The fourth-order valence-electron chi connectivity index (χ4n) is 1.07. The second kappa shape index (κ2) is 5.89. The number of hydrogen-bond donors (Lipinski definition) is 2. The standard InChI is InChI=1S/C11H15N3O/c1-13-6-4-3-5-9-7-10(12)8-14-11(9)15-2/h7-8,13H,4,6,12H2,1-2H3. The van der Waals surface area contributed by atoms with E-state index >= 15 is 0 Å². The summed E-state index contributed by atoms with van der Waals surface area (Å²) in [5.74, 6) is 6.51. The van der Waals surface area contributed by atoms with Crippen molar-refractivity contribution in [3.05, 3.63) is 17.8 Å². The highest BCUT2D eigenvalue weighted by molar-refractivity contribution is 5.50. The lowest BCUT2D eigenvalue weighted by Gasteiger charge is -2.01. The number of rotatable bonds is 3. The molecule has 0 bridgehead atoms. The number of nitrogen functional groups attached to an aromatic ring is 1. The van der Waals surface area contributed by atoms with E-state index in [4.69, 9.17) is 10.5 Å². The first kappa shape index (κ1) is 11.3. The van der Waals surface area contributed by atoms with E-state index in [2.05, 4.69) is 22.1 Å². The van der Waals surface area contributed by atoms with Gasteiger partial charge in [-0.15, -0.1) is 0 Å². The summed E-state index contributed by atoms with van der Waals surface area (Å²) >= 11 is 0. The van der Waals surface area contributed by atoms with Gasteiger partial charge in [-0.3, -0.25) is 0 Å². The van der Waals surface area contributed by atoms with Gasteiger partial charge in [0.15, 0.2) is 0 Å². The van der Waals surface area contributed by atoms with Gasteiger partial charge in [0.05, 0.1) is 24.6 Å². The minimum absolute atomic E-state index is 0.515. The van der Waals surface area contributed by atoms with Crippen molar-refractivity contribution < 1.29 is 4.74 Å². The van der Waals surface area contributed by atoms with Gasteiger partial charge in [0.1, 0.15) is 0 Å². The van der Waals surface area contributed by atoms with E-state index in [1.807, 2.05) is 7.05 Å². The number of ether oxygens (including phenoxy) is 1. The largest absolute Gasteiger partial charge is 0.480 e. The summed E-state index contributed by atoms with van der Waals surface area (Å²) in [6.07, 6.45) is 2.34. The highest BCUT2D eigenvalue weighted by atomic mass is 16.5. The predicted molar refractivity (Wildman–Crippen MR) is 60.6 cm³/mol. The van der Waals surface area contributed by atoms with Crippen molar-refractivity contribution in [2.45, 2.75) is 6.42 Å². The Morgan fingerprint density at radius 1 is 1.60 bits per heavy atom. The van der Waals surface area contributed by atoms with Gasteiger partial charge in [-0.2, -0.15) is 0 Å². The van der Waals surface area contributed by atoms with Crippen LogP contribution in [-0.4, -0.2) is 25.7 Å². The lowest BCUT2D eigenvalue weighted by Crippen LogP contribution is -2.05. The lowest BCUT2D eigenvalue weighted by molar-refractivity contribution is 0.397. The van der Waals surface area contributed by atoms with Gasteiger partial charge in [-0.25, -0.2) is 4.98 Å². The lowest BCUT2D eigenvalue weighted by atomic mass is 10.2. The molecule has 0 aliphatic rings. The second-order valence-electron chi connectivity index (χ2n) is 2.98. The third-order valence-corrected chi connectivity index (χ3v) is 1.79. The molecular weight excluding hydrogens is 190 g/mol. The van der Waals surface area contributed by atoms with Crippen LogP contribution in [0.4, 0.5) is 5.69 Å². The molecule has 0 fully saturated rings. The van der Waals surface area contributed by atoms with Gasteiger partial charge >= 0.3 is 0 Å². The normalized spacial score (nSPS) is 9.20. The molecule has 0 saturated heterocycles. The summed E-state index contributed by atoms with van der Waals surface area (Å²) in [5, 5.41) is 3.02. The second-order valence-corrected chi connectivity index (χ2v) is 2.98. The summed E-state index contributed by atoms with van der Waals surface area (Å²) < 4.78 is 5.07. The van der Waals surface area contributed by atoms with Crippen LogP contribution < -0.4 is 15.8 Å². The van der Waals surface area contributed by atoms with E-state index in [1.54, 1.807) is 19.4 Å². The summed E-state index contributed by atoms with van der Waals surface area (Å²) in [4.78, 5) is 4.03. The fourth-order valence-corrected chi connectivity index (χ4v) is 1.07. The maximum atomic E-state index is 5.61. The van der Waals surface area contributed by atoms with Crippen molar-refractivity contribution in [2.24, 2.45) is 0 Å². The molecule has 0 amide bonds. The van der Waals surface area contributed by atoms with Gasteiger partial charge in [0, 0.05) is 13.0 Å². The molecule has 1 heterocycles. The minimum Gasteiger partial charge on any atom is -0.480 e. The summed E-state index contributed by atoms with van der Waals surface area (Å²) in [6, 6.07) is 1.76. The van der Waals surface area contributed by atoms with Crippen LogP contribution in [0, 0.1) is 11.8 Å². The molecule has 0 atom stereocenters. The first-order valence-electron chi connectivity index (χ1n) is 4.71. The smallest absolute Gasteiger partial charge is 0.229 e. The average Bonchev–Trinajstić information content (AvgIpc) is 2.25. The fraction of sp³-hybridized carbons (Fsp3) is 0.364. The van der Waals surface area contributed by atoms with Gasteiger partial charge in [-0.05, 0) is 13.1 Å². The monoisotopic (exact) mass is 205 g/mol. The Bertz CT molecular complexity index is 379. The highest BCUT2D eigenvalue weighted by Gasteiger charge is 2.00. The van der Waals surface area contributed by atoms with Crippen LogP contribution >= 0.6 is 0 Å². The number of hydrogen-bond acceptors (Lipinski definition) is 4. The van der Waals surface area contributed by atoms with Gasteiger partial charge < -0.3 is 15.8 Å². The third-order valence-electron chi connectivity index (χ3n) is 1.79. The summed E-state index contributed by atoms with van der Waals surface area (Å²) in [6.45, 7) is 0.866. The van der Waals surface area contributed by atoms with Crippen molar-refractivity contribution in [1.29, 1.82) is 0 Å². The molecule has 3 N–H and O–H groups in total. The molecule has 0 radical (unpaired) electrons. The van der Waals surface area contributed by atoms with Gasteiger partial charge in [-0.1, -0.05) is 11.8 Å². The Labute approximate surface area is 89.8 Å². The topological polar surface area (TPSA) is 60.2 Å². The van der Waals surface area contributed by atoms with E-state index in [-0.39, 0.29) is 0 Å². The molecule has 80 valence electrons. The van der Waals surface area contributed by atoms with Gasteiger partial charge in [0.2, 0.25) is 5.88 Å². The van der Waals surface area contributed by atoms with E-state index in [0.29, 0.717) is 11.6 Å². The maximum absolute atomic E-state index is 5.61. The zero-order chi connectivity index (χ0) is 11.1. The average molecular weight is 205 g/mol. The predicted octanol–water partition coefficient (Wildman–Crippen LogP) is 0.633. The van der Waals surface area contributed by atoms with Crippen LogP contribution in [0.15, 0.2) is 12.3 Å². The molecule has 1 rings (SSSR count). The molecule has 0 saturated carbocycles. The molecule has 0 aliphatic heterocycles.